The first-order chi connectivity index (χ1) is 18.4. The standard InChI is InChI=1S/C29H26N4O5/c1-38-21-11-9-18(10-12-21)13-14-31-17-26(34)32-25(29(31)35)16-23-22-7-2-3-8-24(22)30-27(23)28(32)19-5-4-6-20(15-19)33(36)37/h2-12,15,25,28,30H,13-14,16-17H2,1H3/t25-,28+/m1/s1. The van der Waals surface area contributed by atoms with Gasteiger partial charge in [0.15, 0.2) is 0 Å². The summed E-state index contributed by atoms with van der Waals surface area (Å²) in [7, 11) is 1.61. The van der Waals surface area contributed by atoms with Crippen molar-refractivity contribution in [2.24, 2.45) is 0 Å². The normalized spacial score (nSPS) is 18.9. The van der Waals surface area contributed by atoms with Crippen LogP contribution in [0.3, 0.4) is 0 Å². The topological polar surface area (TPSA) is 109 Å². The van der Waals surface area contributed by atoms with Gasteiger partial charge in [0.25, 0.3) is 5.69 Å². The molecule has 1 saturated heterocycles. The number of hydrogen-bond acceptors (Lipinski definition) is 5. The van der Waals surface area contributed by atoms with E-state index in [9.17, 15) is 19.7 Å². The highest BCUT2D eigenvalue weighted by Crippen LogP contribution is 2.43. The number of nitrogens with one attached hydrogen (secondary N) is 1. The van der Waals surface area contributed by atoms with Gasteiger partial charge in [0.05, 0.1) is 24.6 Å². The number of para-hydroxylation sites is 1. The van der Waals surface area contributed by atoms with Crippen molar-refractivity contribution in [1.82, 2.24) is 14.8 Å². The largest absolute Gasteiger partial charge is 0.497 e. The molecule has 9 heteroatoms. The molecule has 2 aliphatic rings. The van der Waals surface area contributed by atoms with Gasteiger partial charge in [-0.15, -0.1) is 0 Å². The molecule has 3 aromatic carbocycles. The zero-order valence-corrected chi connectivity index (χ0v) is 20.8. The third-order valence-electron chi connectivity index (χ3n) is 7.57. The third kappa shape index (κ3) is 3.96. The fraction of sp³-hybridized carbons (Fsp3) is 0.241. The summed E-state index contributed by atoms with van der Waals surface area (Å²) in [5.74, 6) is 0.479. The molecule has 0 radical (unpaired) electrons. The summed E-state index contributed by atoms with van der Waals surface area (Å²) >= 11 is 0. The SMILES string of the molecule is COc1ccc(CCN2CC(=O)N3[C@@H](c4cccc([N+](=O)[O-])c4)c4[nH]c5ccccc5c4C[C@@H]3C2=O)cc1. The van der Waals surface area contributed by atoms with Gasteiger partial charge in [-0.25, -0.2) is 0 Å². The summed E-state index contributed by atoms with van der Waals surface area (Å²) in [5.41, 5.74) is 4.27. The van der Waals surface area contributed by atoms with Crippen LogP contribution in [-0.4, -0.2) is 57.8 Å². The molecule has 0 saturated carbocycles. The first-order valence-corrected chi connectivity index (χ1v) is 12.5. The van der Waals surface area contributed by atoms with Crippen LogP contribution < -0.4 is 4.74 Å². The number of non-ortho nitro benzene ring substituents is 1. The Morgan fingerprint density at radius 3 is 2.61 bits per heavy atom. The highest BCUT2D eigenvalue weighted by molar-refractivity contribution is 5.97. The van der Waals surface area contributed by atoms with Crippen LogP contribution in [0, 0.1) is 10.1 Å². The second kappa shape index (κ2) is 9.33. The van der Waals surface area contributed by atoms with Crippen LogP contribution in [0.1, 0.15) is 28.4 Å². The number of carbonyl (C=O) groups excluding carboxylic acids is 2. The number of hydrogen-bond donors (Lipinski definition) is 1. The smallest absolute Gasteiger partial charge is 0.269 e. The lowest BCUT2D eigenvalue weighted by Crippen LogP contribution is -2.63. The second-order valence-electron chi connectivity index (χ2n) is 9.70. The number of benzene rings is 3. The van der Waals surface area contributed by atoms with Crippen LogP contribution in [0.25, 0.3) is 10.9 Å². The fourth-order valence-corrected chi connectivity index (χ4v) is 5.72. The lowest BCUT2D eigenvalue weighted by Gasteiger charge is -2.47. The van der Waals surface area contributed by atoms with Crippen LogP contribution in [0.2, 0.25) is 0 Å². The van der Waals surface area contributed by atoms with Crippen molar-refractivity contribution in [2.75, 3.05) is 20.2 Å². The molecule has 38 heavy (non-hydrogen) atoms. The quantitative estimate of drug-likeness (QED) is 0.311. The van der Waals surface area contributed by atoms with Gasteiger partial charge in [-0.1, -0.05) is 42.5 Å². The van der Waals surface area contributed by atoms with E-state index in [2.05, 4.69) is 4.98 Å². The summed E-state index contributed by atoms with van der Waals surface area (Å²) in [4.78, 5) is 45.3. The Hall–Kier alpha value is -4.66. The number of H-pyrrole nitrogens is 1. The molecule has 2 aliphatic heterocycles. The van der Waals surface area contributed by atoms with Crippen molar-refractivity contribution >= 4 is 28.4 Å². The number of aromatic amines is 1. The highest BCUT2D eigenvalue weighted by atomic mass is 16.6. The van der Waals surface area contributed by atoms with Crippen molar-refractivity contribution in [3.05, 3.63) is 105 Å². The van der Waals surface area contributed by atoms with E-state index >= 15 is 0 Å². The molecule has 192 valence electrons. The first-order valence-electron chi connectivity index (χ1n) is 12.5. The van der Waals surface area contributed by atoms with E-state index in [4.69, 9.17) is 4.74 Å². The Kier molecular flexibility index (Phi) is 5.83. The minimum absolute atomic E-state index is 0.0352. The Balaban J connectivity index is 1.37. The number of nitrogens with zero attached hydrogens (tertiary/aromatic N) is 3. The average molecular weight is 511 g/mol. The Morgan fingerprint density at radius 1 is 1.05 bits per heavy atom. The number of aromatic nitrogens is 1. The van der Waals surface area contributed by atoms with E-state index in [0.29, 0.717) is 24.9 Å². The predicted molar refractivity (Wildman–Crippen MR) is 141 cm³/mol. The van der Waals surface area contributed by atoms with Crippen LogP contribution in [-0.2, 0) is 22.4 Å². The van der Waals surface area contributed by atoms with Gasteiger partial charge in [0.2, 0.25) is 11.8 Å². The maximum Gasteiger partial charge on any atom is 0.269 e. The molecule has 1 aromatic heterocycles. The molecule has 1 fully saturated rings. The Labute approximate surface area is 218 Å². The zero-order chi connectivity index (χ0) is 26.4. The molecular weight excluding hydrogens is 484 g/mol. The van der Waals surface area contributed by atoms with Gasteiger partial charge < -0.3 is 19.5 Å². The molecule has 6 rings (SSSR count). The molecule has 0 bridgehead atoms. The van der Waals surface area contributed by atoms with Crippen LogP contribution >= 0.6 is 0 Å². The molecule has 3 heterocycles. The summed E-state index contributed by atoms with van der Waals surface area (Å²) in [5, 5.41) is 12.5. The molecule has 9 nitrogen and oxygen atoms in total. The van der Waals surface area contributed by atoms with E-state index in [1.54, 1.807) is 29.0 Å². The number of nitro groups is 1. The lowest BCUT2D eigenvalue weighted by atomic mass is 9.86. The van der Waals surface area contributed by atoms with E-state index in [0.717, 1.165) is 33.5 Å². The molecule has 2 amide bonds. The van der Waals surface area contributed by atoms with Crippen molar-refractivity contribution < 1.29 is 19.2 Å². The predicted octanol–water partition coefficient (Wildman–Crippen LogP) is 4.01. The third-order valence-corrected chi connectivity index (χ3v) is 7.57. The molecule has 0 aliphatic carbocycles. The van der Waals surface area contributed by atoms with Crippen LogP contribution in [0.15, 0.2) is 72.8 Å². The van der Waals surface area contributed by atoms with Gasteiger partial charge >= 0.3 is 0 Å². The minimum atomic E-state index is -0.692. The average Bonchev–Trinajstić information content (AvgIpc) is 3.31. The maximum atomic E-state index is 13.8. The zero-order valence-electron chi connectivity index (χ0n) is 20.8. The number of amides is 2. The number of rotatable bonds is 6. The fourth-order valence-electron chi connectivity index (χ4n) is 5.72. The highest BCUT2D eigenvalue weighted by Gasteiger charge is 2.48. The molecule has 4 aromatic rings. The molecule has 2 atom stereocenters. The van der Waals surface area contributed by atoms with Crippen LogP contribution in [0.5, 0.6) is 5.75 Å². The molecule has 0 unspecified atom stereocenters. The maximum absolute atomic E-state index is 13.8. The first kappa shape index (κ1) is 23.7. The van der Waals surface area contributed by atoms with Crippen LogP contribution in [0.4, 0.5) is 5.69 Å². The van der Waals surface area contributed by atoms with Gasteiger partial charge in [-0.2, -0.15) is 0 Å². The van der Waals surface area contributed by atoms with Gasteiger partial charge in [-0.05, 0) is 41.3 Å². The number of fused-ring (bicyclic) bond motifs is 4. The summed E-state index contributed by atoms with van der Waals surface area (Å²) in [6, 6.07) is 20.5. The summed E-state index contributed by atoms with van der Waals surface area (Å²) < 4.78 is 5.22. The van der Waals surface area contributed by atoms with Crippen molar-refractivity contribution in [2.45, 2.75) is 24.9 Å². The second-order valence-corrected chi connectivity index (χ2v) is 9.70. The molecule has 1 N–H and O–H groups in total. The van der Waals surface area contributed by atoms with Crippen molar-refractivity contribution in [3.8, 4) is 5.75 Å². The molecule has 0 spiro atoms. The molecular formula is C29H26N4O5. The number of methoxy groups -OCH3 is 1. The Bertz CT molecular complexity index is 1560. The van der Waals surface area contributed by atoms with E-state index < -0.39 is 17.0 Å². The number of piperazine rings is 1. The summed E-state index contributed by atoms with van der Waals surface area (Å²) in [6.45, 7) is 0.385. The number of nitro benzene ring substituents is 1. The van der Waals surface area contributed by atoms with Gasteiger partial charge in [0.1, 0.15) is 11.8 Å². The minimum Gasteiger partial charge on any atom is -0.497 e. The van der Waals surface area contributed by atoms with Crippen molar-refractivity contribution in [1.29, 1.82) is 0 Å². The van der Waals surface area contributed by atoms with Crippen molar-refractivity contribution in [3.63, 3.8) is 0 Å². The Morgan fingerprint density at radius 2 is 1.84 bits per heavy atom. The lowest BCUT2D eigenvalue weighted by molar-refractivity contribution is -0.384. The monoisotopic (exact) mass is 510 g/mol. The van der Waals surface area contributed by atoms with Gasteiger partial charge in [-0.3, -0.25) is 19.7 Å². The van der Waals surface area contributed by atoms with Gasteiger partial charge in [0, 0.05) is 41.7 Å². The van der Waals surface area contributed by atoms with E-state index in [-0.39, 0.29) is 24.0 Å². The van der Waals surface area contributed by atoms with E-state index in [1.165, 1.54) is 12.1 Å². The number of carbonyl (C=O) groups is 2. The van der Waals surface area contributed by atoms with E-state index in [1.807, 2.05) is 48.5 Å². The summed E-state index contributed by atoms with van der Waals surface area (Å²) in [6.07, 6.45) is 0.997. The number of ether oxygens (including phenoxy) is 1.